The van der Waals surface area contributed by atoms with E-state index in [2.05, 4.69) is 31.0 Å². The summed E-state index contributed by atoms with van der Waals surface area (Å²) >= 11 is 0. The van der Waals surface area contributed by atoms with Crippen LogP contribution in [0.25, 0.3) is 0 Å². The number of hydrogen-bond donors (Lipinski definition) is 1. The van der Waals surface area contributed by atoms with Crippen molar-refractivity contribution in [3.8, 4) is 0 Å². The van der Waals surface area contributed by atoms with E-state index in [0.717, 1.165) is 38.9 Å². The van der Waals surface area contributed by atoms with Gasteiger partial charge in [-0.05, 0) is 32.1 Å². The number of hydrogen-bond acceptors (Lipinski definition) is 2. The predicted molar refractivity (Wildman–Crippen MR) is 77.0 cm³/mol. The molecule has 1 aliphatic heterocycles. The Balaban J connectivity index is 0.00000162. The summed E-state index contributed by atoms with van der Waals surface area (Å²) in [7, 11) is 0. The van der Waals surface area contributed by atoms with Gasteiger partial charge in [0.2, 0.25) is 5.91 Å². The molecule has 2 aliphatic rings. The first-order valence-electron chi connectivity index (χ1n) is 7.06. The van der Waals surface area contributed by atoms with E-state index in [4.69, 9.17) is 0 Å². The standard InChI is InChI=1S/C14H26N2O.ClH/c1-11(2)9-14(5-4-6-14)13(17)16-8-7-15-12(3)10-16;/h11-12,15H,4-10H2,1-3H3;1H. The van der Waals surface area contributed by atoms with Gasteiger partial charge in [0, 0.05) is 31.1 Å². The van der Waals surface area contributed by atoms with E-state index in [1.54, 1.807) is 0 Å². The number of halogens is 1. The van der Waals surface area contributed by atoms with Gasteiger partial charge in [0.15, 0.2) is 0 Å². The number of carbonyl (C=O) groups is 1. The topological polar surface area (TPSA) is 32.3 Å². The van der Waals surface area contributed by atoms with Crippen molar-refractivity contribution in [2.75, 3.05) is 19.6 Å². The number of carbonyl (C=O) groups excluding carboxylic acids is 1. The molecular formula is C14H27ClN2O. The average molecular weight is 275 g/mol. The number of rotatable bonds is 3. The van der Waals surface area contributed by atoms with E-state index >= 15 is 0 Å². The van der Waals surface area contributed by atoms with Gasteiger partial charge < -0.3 is 10.2 Å². The first kappa shape index (κ1) is 15.8. The molecule has 18 heavy (non-hydrogen) atoms. The van der Waals surface area contributed by atoms with Crippen LogP contribution in [0.15, 0.2) is 0 Å². The first-order chi connectivity index (χ1) is 8.03. The summed E-state index contributed by atoms with van der Waals surface area (Å²) < 4.78 is 0. The van der Waals surface area contributed by atoms with E-state index in [0.29, 0.717) is 17.9 Å². The molecular weight excluding hydrogens is 248 g/mol. The van der Waals surface area contributed by atoms with Crippen LogP contribution in [-0.2, 0) is 4.79 Å². The van der Waals surface area contributed by atoms with Crippen molar-refractivity contribution in [1.82, 2.24) is 10.2 Å². The minimum atomic E-state index is 0. The Morgan fingerprint density at radius 2 is 2.11 bits per heavy atom. The molecule has 3 nitrogen and oxygen atoms in total. The zero-order valence-electron chi connectivity index (χ0n) is 11.9. The third kappa shape index (κ3) is 3.18. The highest BCUT2D eigenvalue weighted by molar-refractivity contribution is 5.85. The van der Waals surface area contributed by atoms with Gasteiger partial charge in [-0.1, -0.05) is 20.3 Å². The Morgan fingerprint density at radius 3 is 2.56 bits per heavy atom. The first-order valence-corrected chi connectivity index (χ1v) is 7.06. The molecule has 1 N–H and O–H groups in total. The van der Waals surface area contributed by atoms with Crippen molar-refractivity contribution in [1.29, 1.82) is 0 Å². The zero-order chi connectivity index (χ0) is 12.5. The Hall–Kier alpha value is -0.280. The molecule has 1 saturated carbocycles. The molecule has 1 saturated heterocycles. The Kier molecular flexibility index (Phi) is 5.47. The van der Waals surface area contributed by atoms with Gasteiger partial charge in [0.1, 0.15) is 0 Å². The van der Waals surface area contributed by atoms with E-state index in [1.807, 2.05) is 0 Å². The quantitative estimate of drug-likeness (QED) is 0.857. The SMILES string of the molecule is CC(C)CC1(C(=O)N2CCNC(C)C2)CCC1.Cl. The molecule has 1 atom stereocenters. The van der Waals surface area contributed by atoms with Crippen molar-refractivity contribution < 1.29 is 4.79 Å². The maximum absolute atomic E-state index is 12.7. The molecule has 0 bridgehead atoms. The highest BCUT2D eigenvalue weighted by Gasteiger charge is 2.46. The molecule has 0 aromatic heterocycles. The summed E-state index contributed by atoms with van der Waals surface area (Å²) in [4.78, 5) is 14.8. The van der Waals surface area contributed by atoms with E-state index < -0.39 is 0 Å². The zero-order valence-corrected chi connectivity index (χ0v) is 12.7. The molecule has 4 heteroatoms. The van der Waals surface area contributed by atoms with Crippen molar-refractivity contribution in [2.45, 2.75) is 52.5 Å². The highest BCUT2D eigenvalue weighted by atomic mass is 35.5. The largest absolute Gasteiger partial charge is 0.339 e. The molecule has 1 heterocycles. The summed E-state index contributed by atoms with van der Waals surface area (Å²) in [5.74, 6) is 1.06. The van der Waals surface area contributed by atoms with Crippen LogP contribution in [0, 0.1) is 11.3 Å². The van der Waals surface area contributed by atoms with Crippen LogP contribution in [0.5, 0.6) is 0 Å². The summed E-state index contributed by atoms with van der Waals surface area (Å²) in [6.07, 6.45) is 4.54. The summed E-state index contributed by atoms with van der Waals surface area (Å²) in [6, 6.07) is 0.448. The van der Waals surface area contributed by atoms with Crippen LogP contribution in [0.1, 0.15) is 46.5 Å². The van der Waals surface area contributed by atoms with E-state index in [-0.39, 0.29) is 17.8 Å². The lowest BCUT2D eigenvalue weighted by Crippen LogP contribution is -2.57. The van der Waals surface area contributed by atoms with Crippen LogP contribution < -0.4 is 5.32 Å². The summed E-state index contributed by atoms with van der Waals surface area (Å²) in [5, 5.41) is 3.40. The second kappa shape index (κ2) is 6.25. The van der Waals surface area contributed by atoms with Crippen LogP contribution in [0.3, 0.4) is 0 Å². The molecule has 0 spiro atoms. The molecule has 0 aromatic rings. The van der Waals surface area contributed by atoms with Gasteiger partial charge in [0.25, 0.3) is 0 Å². The minimum absolute atomic E-state index is 0. The molecule has 1 aliphatic carbocycles. The monoisotopic (exact) mass is 274 g/mol. The smallest absolute Gasteiger partial charge is 0.228 e. The predicted octanol–water partition coefficient (Wildman–Crippen LogP) is 2.44. The van der Waals surface area contributed by atoms with Gasteiger partial charge in [-0.25, -0.2) is 0 Å². The molecule has 0 aromatic carbocycles. The minimum Gasteiger partial charge on any atom is -0.339 e. The summed E-state index contributed by atoms with van der Waals surface area (Å²) in [6.45, 7) is 9.35. The number of nitrogens with one attached hydrogen (secondary N) is 1. The molecule has 106 valence electrons. The Bertz CT molecular complexity index is 290. The number of nitrogens with zero attached hydrogens (tertiary/aromatic N) is 1. The van der Waals surface area contributed by atoms with Crippen molar-refractivity contribution >= 4 is 18.3 Å². The van der Waals surface area contributed by atoms with Crippen LogP contribution in [0.2, 0.25) is 0 Å². The lowest BCUT2D eigenvalue weighted by Gasteiger charge is -2.46. The fourth-order valence-electron chi connectivity index (χ4n) is 3.34. The molecule has 2 fully saturated rings. The van der Waals surface area contributed by atoms with Crippen LogP contribution >= 0.6 is 12.4 Å². The fraction of sp³-hybridized carbons (Fsp3) is 0.929. The molecule has 0 radical (unpaired) electrons. The van der Waals surface area contributed by atoms with Crippen molar-refractivity contribution in [2.24, 2.45) is 11.3 Å². The maximum Gasteiger partial charge on any atom is 0.228 e. The van der Waals surface area contributed by atoms with Crippen molar-refractivity contribution in [3.05, 3.63) is 0 Å². The number of piperazine rings is 1. The fourth-order valence-corrected chi connectivity index (χ4v) is 3.34. The highest BCUT2D eigenvalue weighted by Crippen LogP contribution is 2.47. The van der Waals surface area contributed by atoms with Gasteiger partial charge >= 0.3 is 0 Å². The van der Waals surface area contributed by atoms with Gasteiger partial charge in [-0.3, -0.25) is 4.79 Å². The molecule has 1 unspecified atom stereocenters. The van der Waals surface area contributed by atoms with E-state index in [1.165, 1.54) is 6.42 Å². The Morgan fingerprint density at radius 1 is 1.44 bits per heavy atom. The van der Waals surface area contributed by atoms with Crippen LogP contribution in [-0.4, -0.2) is 36.5 Å². The van der Waals surface area contributed by atoms with Crippen molar-refractivity contribution in [3.63, 3.8) is 0 Å². The lowest BCUT2D eigenvalue weighted by molar-refractivity contribution is -0.150. The van der Waals surface area contributed by atoms with Gasteiger partial charge in [-0.15, -0.1) is 12.4 Å². The van der Waals surface area contributed by atoms with E-state index in [9.17, 15) is 4.79 Å². The third-order valence-corrected chi connectivity index (χ3v) is 4.22. The lowest BCUT2D eigenvalue weighted by atomic mass is 9.63. The van der Waals surface area contributed by atoms with Gasteiger partial charge in [0.05, 0.1) is 0 Å². The normalized spacial score (nSPS) is 26.4. The second-order valence-electron chi connectivity index (χ2n) is 6.34. The average Bonchev–Trinajstić information content (AvgIpc) is 2.22. The number of amides is 1. The molecule has 1 amide bonds. The maximum atomic E-state index is 12.7. The van der Waals surface area contributed by atoms with Gasteiger partial charge in [-0.2, -0.15) is 0 Å². The third-order valence-electron chi connectivity index (χ3n) is 4.22. The second-order valence-corrected chi connectivity index (χ2v) is 6.34. The molecule has 2 rings (SSSR count). The summed E-state index contributed by atoms with van der Waals surface area (Å²) in [5.41, 5.74) is 0.00519. The van der Waals surface area contributed by atoms with Crippen LogP contribution in [0.4, 0.5) is 0 Å². The Labute approximate surface area is 117 Å².